The molecule has 33 heavy (non-hydrogen) atoms. The molecule has 8 heteroatoms. The van der Waals surface area contributed by atoms with Crippen molar-refractivity contribution in [2.45, 2.75) is 13.1 Å². The van der Waals surface area contributed by atoms with Crippen LogP contribution in [-0.2, 0) is 20.1 Å². The van der Waals surface area contributed by atoms with Gasteiger partial charge in [-0.05, 0) is 40.6 Å². The molecule has 0 amide bonds. The number of aromatic nitrogens is 4. The summed E-state index contributed by atoms with van der Waals surface area (Å²) in [4.78, 5) is 33.6. The Bertz CT molecular complexity index is 1660. The van der Waals surface area contributed by atoms with Gasteiger partial charge in [-0.2, -0.15) is 4.98 Å². The molecule has 0 spiro atoms. The molecule has 0 aliphatic carbocycles. The Morgan fingerprint density at radius 3 is 2.52 bits per heavy atom. The van der Waals surface area contributed by atoms with Gasteiger partial charge in [0.15, 0.2) is 11.2 Å². The molecule has 5 aromatic rings. The molecule has 0 saturated carbocycles. The first-order valence-corrected chi connectivity index (χ1v) is 11.5. The maximum Gasteiger partial charge on any atom is 0.332 e. The van der Waals surface area contributed by atoms with E-state index in [9.17, 15) is 9.59 Å². The molecule has 0 N–H and O–H groups in total. The van der Waals surface area contributed by atoms with Crippen molar-refractivity contribution in [3.63, 3.8) is 0 Å². The van der Waals surface area contributed by atoms with E-state index in [2.05, 4.69) is 20.8 Å². The van der Waals surface area contributed by atoms with Crippen molar-refractivity contribution in [3.8, 4) is 0 Å². The fourth-order valence-electron chi connectivity index (χ4n) is 4.68. The molecule has 1 aliphatic rings. The SMILES string of the molecule is Cn1c(=O)n(Cc2cccc3ccccc23)c(=O)c2c1nc1n2CCN1c1ccc(Br)cc1. The highest BCUT2D eigenvalue weighted by Gasteiger charge is 2.28. The minimum Gasteiger partial charge on any atom is -0.310 e. The Morgan fingerprint density at radius 2 is 1.70 bits per heavy atom. The maximum atomic E-state index is 13.6. The lowest BCUT2D eigenvalue weighted by atomic mass is 10.0. The van der Waals surface area contributed by atoms with Gasteiger partial charge in [0.1, 0.15) is 0 Å². The first-order chi connectivity index (χ1) is 16.0. The summed E-state index contributed by atoms with van der Waals surface area (Å²) in [6, 6.07) is 21.9. The Morgan fingerprint density at radius 1 is 0.939 bits per heavy atom. The molecule has 0 atom stereocenters. The maximum absolute atomic E-state index is 13.6. The van der Waals surface area contributed by atoms with Crippen LogP contribution in [0.3, 0.4) is 0 Å². The predicted molar refractivity (Wildman–Crippen MR) is 133 cm³/mol. The summed E-state index contributed by atoms with van der Waals surface area (Å²) in [6.45, 7) is 1.55. The van der Waals surface area contributed by atoms with Crippen LogP contribution in [0.2, 0.25) is 0 Å². The summed E-state index contributed by atoms with van der Waals surface area (Å²) in [5.74, 6) is 0.683. The first-order valence-electron chi connectivity index (χ1n) is 10.7. The van der Waals surface area contributed by atoms with Crippen molar-refractivity contribution >= 4 is 49.5 Å². The van der Waals surface area contributed by atoms with Gasteiger partial charge in [-0.25, -0.2) is 4.79 Å². The van der Waals surface area contributed by atoms with Crippen LogP contribution in [0.5, 0.6) is 0 Å². The molecule has 0 unspecified atom stereocenters. The molecule has 3 heterocycles. The van der Waals surface area contributed by atoms with Gasteiger partial charge >= 0.3 is 5.69 Å². The molecule has 1 aliphatic heterocycles. The zero-order valence-corrected chi connectivity index (χ0v) is 19.5. The Labute approximate surface area is 197 Å². The van der Waals surface area contributed by atoms with Crippen LogP contribution >= 0.6 is 15.9 Å². The second kappa shape index (κ2) is 7.45. The second-order valence-electron chi connectivity index (χ2n) is 8.23. The molecule has 7 nitrogen and oxygen atoms in total. The molecule has 0 saturated heterocycles. The van der Waals surface area contributed by atoms with Crippen molar-refractivity contribution in [1.29, 1.82) is 0 Å². The number of anilines is 2. The van der Waals surface area contributed by atoms with Gasteiger partial charge < -0.3 is 9.47 Å². The Kier molecular flexibility index (Phi) is 4.51. The van der Waals surface area contributed by atoms with Gasteiger partial charge in [-0.15, -0.1) is 0 Å². The lowest BCUT2D eigenvalue weighted by molar-refractivity contribution is 0.654. The topological polar surface area (TPSA) is 65.1 Å². The standard InChI is InChI=1S/C25H20BrN5O2/c1-28-22-21(30-14-13-29(24(30)27-22)19-11-9-18(26)10-12-19)23(32)31(25(28)33)15-17-7-4-6-16-5-2-3-8-20(16)17/h2-12H,13-15H2,1H3. The summed E-state index contributed by atoms with van der Waals surface area (Å²) in [5.41, 5.74) is 2.13. The monoisotopic (exact) mass is 501 g/mol. The van der Waals surface area contributed by atoms with Gasteiger partial charge in [0.25, 0.3) is 5.56 Å². The molecule has 3 aromatic carbocycles. The number of imidazole rings is 1. The fraction of sp³-hybridized carbons (Fsp3) is 0.160. The highest BCUT2D eigenvalue weighted by Crippen LogP contribution is 2.32. The van der Waals surface area contributed by atoms with Crippen LogP contribution in [0, 0.1) is 0 Å². The number of benzene rings is 3. The number of nitrogens with zero attached hydrogens (tertiary/aromatic N) is 5. The lowest BCUT2D eigenvalue weighted by Gasteiger charge is -2.15. The lowest BCUT2D eigenvalue weighted by Crippen LogP contribution is -2.40. The number of rotatable bonds is 3. The van der Waals surface area contributed by atoms with E-state index < -0.39 is 0 Å². The third-order valence-electron chi connectivity index (χ3n) is 6.35. The van der Waals surface area contributed by atoms with Crippen LogP contribution in [-0.4, -0.2) is 25.2 Å². The van der Waals surface area contributed by atoms with Gasteiger partial charge in [0.2, 0.25) is 5.95 Å². The van der Waals surface area contributed by atoms with Gasteiger partial charge in [-0.3, -0.25) is 13.9 Å². The zero-order valence-electron chi connectivity index (χ0n) is 17.9. The molecule has 2 aromatic heterocycles. The zero-order chi connectivity index (χ0) is 22.7. The van der Waals surface area contributed by atoms with E-state index in [1.807, 2.05) is 71.3 Å². The van der Waals surface area contributed by atoms with Gasteiger partial charge in [-0.1, -0.05) is 58.4 Å². The Balaban J connectivity index is 1.52. The third kappa shape index (κ3) is 3.05. The molecule has 6 rings (SSSR count). The average molecular weight is 502 g/mol. The van der Waals surface area contributed by atoms with Crippen molar-refractivity contribution in [2.75, 3.05) is 11.4 Å². The van der Waals surface area contributed by atoms with Crippen LogP contribution in [0.25, 0.3) is 21.9 Å². The summed E-state index contributed by atoms with van der Waals surface area (Å²) >= 11 is 3.47. The minimum atomic E-state index is -0.368. The van der Waals surface area contributed by atoms with Crippen LogP contribution in [0.15, 0.2) is 80.8 Å². The molecule has 164 valence electrons. The van der Waals surface area contributed by atoms with Gasteiger partial charge in [0.05, 0.1) is 6.54 Å². The smallest absolute Gasteiger partial charge is 0.310 e. The number of halogens is 1. The number of aryl methyl sites for hydroxylation is 1. The van der Waals surface area contributed by atoms with Crippen LogP contribution < -0.4 is 16.1 Å². The summed E-state index contributed by atoms with van der Waals surface area (Å²) in [6.07, 6.45) is 0. The van der Waals surface area contributed by atoms with Crippen LogP contribution in [0.4, 0.5) is 11.6 Å². The largest absolute Gasteiger partial charge is 0.332 e. The highest BCUT2D eigenvalue weighted by atomic mass is 79.9. The van der Waals surface area contributed by atoms with E-state index >= 15 is 0 Å². The number of hydrogen-bond acceptors (Lipinski definition) is 4. The minimum absolute atomic E-state index is 0.208. The predicted octanol–water partition coefficient (Wildman–Crippen LogP) is 4.01. The van der Waals surface area contributed by atoms with E-state index in [1.54, 1.807) is 7.05 Å². The van der Waals surface area contributed by atoms with E-state index in [-0.39, 0.29) is 17.8 Å². The Hall–Kier alpha value is -3.65. The van der Waals surface area contributed by atoms with E-state index in [1.165, 1.54) is 9.13 Å². The van der Waals surface area contributed by atoms with Crippen molar-refractivity contribution in [1.82, 2.24) is 18.7 Å². The summed E-state index contributed by atoms with van der Waals surface area (Å²) in [5, 5.41) is 2.12. The summed E-state index contributed by atoms with van der Waals surface area (Å²) < 4.78 is 5.73. The fourth-order valence-corrected chi connectivity index (χ4v) is 4.95. The summed E-state index contributed by atoms with van der Waals surface area (Å²) in [7, 11) is 1.68. The third-order valence-corrected chi connectivity index (χ3v) is 6.88. The molecular weight excluding hydrogens is 482 g/mol. The van der Waals surface area contributed by atoms with E-state index in [0.29, 0.717) is 30.2 Å². The van der Waals surface area contributed by atoms with Crippen molar-refractivity contribution in [2.24, 2.45) is 7.05 Å². The molecular formula is C25H20BrN5O2. The molecule has 0 bridgehead atoms. The molecule has 0 fully saturated rings. The quantitative estimate of drug-likeness (QED) is 0.374. The van der Waals surface area contributed by atoms with Crippen molar-refractivity contribution < 1.29 is 0 Å². The first kappa shape index (κ1) is 20.0. The van der Waals surface area contributed by atoms with Gasteiger partial charge in [0, 0.05) is 30.3 Å². The highest BCUT2D eigenvalue weighted by molar-refractivity contribution is 9.10. The molecule has 0 radical (unpaired) electrons. The van der Waals surface area contributed by atoms with Crippen molar-refractivity contribution in [3.05, 3.63) is 97.6 Å². The second-order valence-corrected chi connectivity index (χ2v) is 9.15. The number of hydrogen-bond donors (Lipinski definition) is 0. The normalized spacial score (nSPS) is 13.2. The average Bonchev–Trinajstić information content (AvgIpc) is 3.41. The van der Waals surface area contributed by atoms with E-state index in [4.69, 9.17) is 4.98 Å². The van der Waals surface area contributed by atoms with E-state index in [0.717, 1.165) is 26.5 Å². The number of fused-ring (bicyclic) bond motifs is 4. The van der Waals surface area contributed by atoms with Crippen LogP contribution in [0.1, 0.15) is 5.56 Å².